The van der Waals surface area contributed by atoms with Crippen LogP contribution >= 0.6 is 11.8 Å². The predicted octanol–water partition coefficient (Wildman–Crippen LogP) is 1.97. The first kappa shape index (κ1) is 17.4. The number of hydrogen-bond donors (Lipinski definition) is 2. The molecule has 0 aliphatic carbocycles. The minimum absolute atomic E-state index is 0.00338. The molecule has 0 amide bonds. The number of sulfonamides is 1. The molecule has 114 valence electrons. The Morgan fingerprint density at radius 3 is 2.70 bits per heavy atom. The zero-order valence-corrected chi connectivity index (χ0v) is 13.6. The highest BCUT2D eigenvalue weighted by molar-refractivity contribution is 7.99. The highest BCUT2D eigenvalue weighted by atomic mass is 32.2. The topological polar surface area (TPSA) is 58.2 Å². The maximum atomic E-state index is 13.3. The molecule has 0 bridgehead atoms. The van der Waals surface area contributed by atoms with Crippen LogP contribution in [0.25, 0.3) is 0 Å². The van der Waals surface area contributed by atoms with E-state index in [9.17, 15) is 12.8 Å². The molecule has 0 fully saturated rings. The number of rotatable bonds is 8. The third-order valence-corrected chi connectivity index (χ3v) is 5.51. The van der Waals surface area contributed by atoms with Crippen LogP contribution < -0.4 is 10.0 Å². The molecular formula is C13H21FN2O2S2. The van der Waals surface area contributed by atoms with Gasteiger partial charge in [0.1, 0.15) is 5.82 Å². The molecule has 0 saturated carbocycles. The van der Waals surface area contributed by atoms with Crippen molar-refractivity contribution in [2.24, 2.45) is 0 Å². The van der Waals surface area contributed by atoms with E-state index in [1.165, 1.54) is 12.1 Å². The van der Waals surface area contributed by atoms with E-state index < -0.39 is 15.8 Å². The predicted molar refractivity (Wildman–Crippen MR) is 81.9 cm³/mol. The van der Waals surface area contributed by atoms with Gasteiger partial charge in [-0.15, -0.1) is 0 Å². The minimum Gasteiger partial charge on any atom is -0.316 e. The summed E-state index contributed by atoms with van der Waals surface area (Å²) in [4.78, 5) is 0.00338. The van der Waals surface area contributed by atoms with Gasteiger partial charge in [0.05, 0.1) is 4.90 Å². The van der Waals surface area contributed by atoms with E-state index in [0.717, 1.165) is 12.5 Å². The van der Waals surface area contributed by atoms with Crippen molar-refractivity contribution in [3.05, 3.63) is 29.6 Å². The van der Waals surface area contributed by atoms with E-state index in [4.69, 9.17) is 0 Å². The van der Waals surface area contributed by atoms with Crippen molar-refractivity contribution in [1.29, 1.82) is 0 Å². The van der Waals surface area contributed by atoms with Crippen LogP contribution in [0.2, 0.25) is 0 Å². The Balaban J connectivity index is 2.88. The second kappa shape index (κ2) is 7.97. The molecule has 0 saturated heterocycles. The van der Waals surface area contributed by atoms with Crippen LogP contribution in [-0.4, -0.2) is 33.5 Å². The summed E-state index contributed by atoms with van der Waals surface area (Å²) in [6, 6.07) is 3.82. The Bertz CT molecular complexity index is 535. The van der Waals surface area contributed by atoms with Crippen LogP contribution in [0, 0.1) is 5.82 Å². The normalized spacial score (nSPS) is 13.4. The van der Waals surface area contributed by atoms with Crippen LogP contribution in [0.4, 0.5) is 4.39 Å². The lowest BCUT2D eigenvalue weighted by atomic mass is 10.2. The molecule has 1 aromatic carbocycles. The first-order chi connectivity index (χ1) is 9.40. The lowest BCUT2D eigenvalue weighted by Gasteiger charge is -2.13. The maximum absolute atomic E-state index is 13.3. The minimum atomic E-state index is -3.68. The van der Waals surface area contributed by atoms with Gasteiger partial charge in [-0.1, -0.05) is 13.0 Å². The maximum Gasteiger partial charge on any atom is 0.240 e. The molecule has 2 N–H and O–H groups in total. The zero-order chi connectivity index (χ0) is 15.2. The molecule has 20 heavy (non-hydrogen) atoms. The van der Waals surface area contributed by atoms with Crippen LogP contribution in [0.15, 0.2) is 23.1 Å². The number of halogens is 1. The molecule has 7 heteroatoms. The summed E-state index contributed by atoms with van der Waals surface area (Å²) in [6.07, 6.45) is 2.72. The summed E-state index contributed by atoms with van der Waals surface area (Å²) in [5.74, 6) is -0.553. The van der Waals surface area contributed by atoms with Crippen molar-refractivity contribution >= 4 is 21.8 Å². The Hall–Kier alpha value is -0.630. The molecule has 0 aliphatic rings. The lowest BCUT2D eigenvalue weighted by Crippen LogP contribution is -2.28. The van der Waals surface area contributed by atoms with Crippen molar-refractivity contribution in [3.8, 4) is 0 Å². The SMILES string of the molecule is CNCc1ccc(F)cc1S(=O)(=O)NCCC(C)SC. The molecule has 0 radical (unpaired) electrons. The van der Waals surface area contributed by atoms with Gasteiger partial charge in [-0.25, -0.2) is 17.5 Å². The molecule has 4 nitrogen and oxygen atoms in total. The van der Waals surface area contributed by atoms with Gasteiger partial charge in [0, 0.05) is 18.3 Å². The third-order valence-electron chi connectivity index (χ3n) is 2.93. The van der Waals surface area contributed by atoms with Gasteiger partial charge in [0.15, 0.2) is 0 Å². The van der Waals surface area contributed by atoms with Gasteiger partial charge < -0.3 is 5.32 Å². The fraction of sp³-hybridized carbons (Fsp3) is 0.538. The Labute approximate surface area is 124 Å². The molecule has 1 aromatic rings. The standard InChI is InChI=1S/C13H21FN2O2S2/c1-10(19-3)6-7-16-20(17,18)13-8-12(14)5-4-11(13)9-15-2/h4-5,8,10,15-16H,6-7,9H2,1-3H3. The van der Waals surface area contributed by atoms with Gasteiger partial charge in [-0.3, -0.25) is 0 Å². The van der Waals surface area contributed by atoms with E-state index in [1.807, 2.05) is 13.2 Å². The van der Waals surface area contributed by atoms with Crippen LogP contribution in [0.1, 0.15) is 18.9 Å². The van der Waals surface area contributed by atoms with Crippen LogP contribution in [0.3, 0.4) is 0 Å². The number of thioether (sulfide) groups is 1. The summed E-state index contributed by atoms with van der Waals surface area (Å²) in [5.41, 5.74) is 0.555. The van der Waals surface area contributed by atoms with E-state index in [1.54, 1.807) is 18.8 Å². The molecule has 1 unspecified atom stereocenters. The summed E-state index contributed by atoms with van der Waals surface area (Å²) >= 11 is 1.68. The van der Waals surface area contributed by atoms with Crippen molar-refractivity contribution in [3.63, 3.8) is 0 Å². The summed E-state index contributed by atoms with van der Waals surface area (Å²) in [7, 11) is -1.96. The van der Waals surface area contributed by atoms with E-state index >= 15 is 0 Å². The van der Waals surface area contributed by atoms with Gasteiger partial charge in [-0.2, -0.15) is 11.8 Å². The first-order valence-corrected chi connectivity index (χ1v) is 9.13. The lowest BCUT2D eigenvalue weighted by molar-refractivity contribution is 0.572. The van der Waals surface area contributed by atoms with Crippen molar-refractivity contribution in [1.82, 2.24) is 10.0 Å². The Kier molecular flexibility index (Phi) is 6.94. The number of benzene rings is 1. The molecule has 1 rings (SSSR count). The second-order valence-electron chi connectivity index (χ2n) is 4.52. The average molecular weight is 320 g/mol. The van der Waals surface area contributed by atoms with Gasteiger partial charge >= 0.3 is 0 Å². The van der Waals surface area contributed by atoms with Crippen molar-refractivity contribution in [2.45, 2.75) is 30.0 Å². The number of nitrogens with one attached hydrogen (secondary N) is 2. The van der Waals surface area contributed by atoms with E-state index in [0.29, 0.717) is 23.9 Å². The number of hydrogen-bond acceptors (Lipinski definition) is 4. The highest BCUT2D eigenvalue weighted by Gasteiger charge is 2.19. The zero-order valence-electron chi connectivity index (χ0n) is 11.9. The summed E-state index contributed by atoms with van der Waals surface area (Å²) in [5, 5.41) is 3.26. The molecule has 1 atom stereocenters. The highest BCUT2D eigenvalue weighted by Crippen LogP contribution is 2.17. The fourth-order valence-corrected chi connectivity index (χ4v) is 3.36. The molecule has 0 aromatic heterocycles. The van der Waals surface area contributed by atoms with E-state index in [2.05, 4.69) is 10.0 Å². The first-order valence-electron chi connectivity index (χ1n) is 6.36. The summed E-state index contributed by atoms with van der Waals surface area (Å²) < 4.78 is 40.3. The Morgan fingerprint density at radius 2 is 2.10 bits per heavy atom. The van der Waals surface area contributed by atoms with E-state index in [-0.39, 0.29) is 4.90 Å². The summed E-state index contributed by atoms with van der Waals surface area (Å²) in [6.45, 7) is 2.76. The molecular weight excluding hydrogens is 299 g/mol. The van der Waals surface area contributed by atoms with Crippen LogP contribution in [-0.2, 0) is 16.6 Å². The largest absolute Gasteiger partial charge is 0.316 e. The van der Waals surface area contributed by atoms with Crippen LogP contribution in [0.5, 0.6) is 0 Å². The van der Waals surface area contributed by atoms with Crippen molar-refractivity contribution in [2.75, 3.05) is 19.8 Å². The quantitative estimate of drug-likeness (QED) is 0.769. The third kappa shape index (κ3) is 5.05. The molecule has 0 heterocycles. The molecule has 0 aliphatic heterocycles. The van der Waals surface area contributed by atoms with Gasteiger partial charge in [0.2, 0.25) is 10.0 Å². The smallest absolute Gasteiger partial charge is 0.240 e. The average Bonchev–Trinajstić information content (AvgIpc) is 2.40. The van der Waals surface area contributed by atoms with Crippen molar-refractivity contribution < 1.29 is 12.8 Å². The molecule has 0 spiro atoms. The second-order valence-corrected chi connectivity index (χ2v) is 7.53. The fourth-order valence-electron chi connectivity index (χ4n) is 1.71. The van der Waals surface area contributed by atoms with Gasteiger partial charge in [0.25, 0.3) is 0 Å². The van der Waals surface area contributed by atoms with Gasteiger partial charge in [-0.05, 0) is 37.4 Å². The monoisotopic (exact) mass is 320 g/mol. The Morgan fingerprint density at radius 1 is 1.40 bits per heavy atom.